The number of aromatic nitrogens is 2. The monoisotopic (exact) mass is 402 g/mol. The molecule has 0 aliphatic carbocycles. The number of β-amino-alcohol motifs (C(OH)–C–C–N with tert-alkyl or cyclic N) is 1. The van der Waals surface area contributed by atoms with Gasteiger partial charge in [0.25, 0.3) is 5.91 Å². The van der Waals surface area contributed by atoms with Crippen LogP contribution in [0.25, 0.3) is 11.0 Å². The summed E-state index contributed by atoms with van der Waals surface area (Å²) in [5, 5.41) is 21.5. The molecule has 1 aliphatic heterocycles. The minimum Gasteiger partial charge on any atom is -0.395 e. The number of benzene rings is 2. The maximum absolute atomic E-state index is 12.6. The summed E-state index contributed by atoms with van der Waals surface area (Å²) in [6.07, 6.45) is 1.45. The zero-order valence-corrected chi connectivity index (χ0v) is 16.5. The van der Waals surface area contributed by atoms with Crippen molar-refractivity contribution in [2.24, 2.45) is 0 Å². The molecule has 8 heteroatoms. The Kier molecular flexibility index (Phi) is 5.84. The lowest BCUT2D eigenvalue weighted by Crippen LogP contribution is -2.47. The second-order valence-corrected chi connectivity index (χ2v) is 7.09. The first-order valence-electron chi connectivity index (χ1n) is 9.83. The minimum atomic E-state index is -0.373. The van der Waals surface area contributed by atoms with E-state index in [4.69, 9.17) is 5.11 Å². The summed E-state index contributed by atoms with van der Waals surface area (Å²) in [6, 6.07) is 14.9. The van der Waals surface area contributed by atoms with Crippen LogP contribution in [0.1, 0.15) is 16.1 Å². The summed E-state index contributed by atoms with van der Waals surface area (Å²) >= 11 is 0. The van der Waals surface area contributed by atoms with Crippen molar-refractivity contribution in [3.05, 3.63) is 59.9 Å². The lowest BCUT2D eigenvalue weighted by Gasteiger charge is -2.36. The van der Waals surface area contributed by atoms with Crippen molar-refractivity contribution in [2.45, 2.75) is 0 Å². The van der Waals surface area contributed by atoms with Gasteiger partial charge in [-0.25, -0.2) is 4.98 Å². The number of carbonyl (C=O) groups excluding carboxylic acids is 1. The number of hydrogen-bond acceptors (Lipinski definition) is 7. The maximum Gasteiger partial charge on any atom is 0.275 e. The van der Waals surface area contributed by atoms with Gasteiger partial charge in [0.05, 0.1) is 35.1 Å². The molecule has 8 nitrogen and oxygen atoms in total. The number of aliphatic hydroxyl groups is 1. The van der Waals surface area contributed by atoms with E-state index in [1.54, 1.807) is 12.1 Å². The summed E-state index contributed by atoms with van der Waals surface area (Å²) in [6.45, 7) is 4.07. The van der Waals surface area contributed by atoms with Gasteiger partial charge in [-0.05, 0) is 30.3 Å². The summed E-state index contributed by atoms with van der Waals surface area (Å²) in [7, 11) is 0. The molecular formula is C22H22N6O2. The average Bonchev–Trinajstić information content (AvgIpc) is 2.79. The Labute approximate surface area is 174 Å². The van der Waals surface area contributed by atoms with Gasteiger partial charge in [-0.15, -0.1) is 0 Å². The zero-order valence-electron chi connectivity index (χ0n) is 16.5. The van der Waals surface area contributed by atoms with E-state index in [9.17, 15) is 10.1 Å². The number of hydrogen-bond donors (Lipinski definition) is 2. The molecule has 1 aliphatic rings. The maximum atomic E-state index is 12.6. The lowest BCUT2D eigenvalue weighted by atomic mass is 10.1. The predicted molar refractivity (Wildman–Crippen MR) is 114 cm³/mol. The largest absolute Gasteiger partial charge is 0.395 e. The van der Waals surface area contributed by atoms with E-state index in [-0.39, 0.29) is 18.2 Å². The standard InChI is InChI=1S/C22H22N6O2/c23-14-16-13-17(5-6-21(16)28-9-7-27(8-10-28)11-12-29)25-22(30)20-15-24-18-3-1-2-4-19(18)26-20/h1-6,13,15,29H,7-12H2,(H,25,30). The van der Waals surface area contributed by atoms with Crippen LogP contribution in [-0.4, -0.2) is 65.2 Å². The third-order valence-electron chi connectivity index (χ3n) is 5.19. The highest BCUT2D eigenvalue weighted by Crippen LogP contribution is 2.25. The number of nitrogens with one attached hydrogen (secondary N) is 1. The first kappa shape index (κ1) is 19.8. The molecule has 0 atom stereocenters. The van der Waals surface area contributed by atoms with Crippen molar-refractivity contribution in [1.82, 2.24) is 14.9 Å². The van der Waals surface area contributed by atoms with Crippen LogP contribution in [0.5, 0.6) is 0 Å². The second kappa shape index (κ2) is 8.86. The highest BCUT2D eigenvalue weighted by atomic mass is 16.3. The van der Waals surface area contributed by atoms with Crippen LogP contribution < -0.4 is 10.2 Å². The van der Waals surface area contributed by atoms with Gasteiger partial charge >= 0.3 is 0 Å². The molecule has 2 N–H and O–H groups in total. The zero-order chi connectivity index (χ0) is 20.9. The molecule has 0 unspecified atom stereocenters. The Morgan fingerprint density at radius 3 is 2.63 bits per heavy atom. The van der Waals surface area contributed by atoms with Crippen LogP contribution in [0.15, 0.2) is 48.7 Å². The predicted octanol–water partition coefficient (Wildman–Crippen LogP) is 1.87. The molecule has 1 aromatic heterocycles. The molecule has 152 valence electrons. The summed E-state index contributed by atoms with van der Waals surface area (Å²) in [5.41, 5.74) is 3.49. The van der Waals surface area contributed by atoms with Crippen molar-refractivity contribution >= 4 is 28.3 Å². The number of nitrogens with zero attached hydrogens (tertiary/aromatic N) is 5. The van der Waals surface area contributed by atoms with Crippen LogP contribution in [0.3, 0.4) is 0 Å². The summed E-state index contributed by atoms with van der Waals surface area (Å²) < 4.78 is 0. The molecule has 2 aromatic carbocycles. The lowest BCUT2D eigenvalue weighted by molar-refractivity contribution is 0.102. The van der Waals surface area contributed by atoms with E-state index in [0.717, 1.165) is 37.4 Å². The Morgan fingerprint density at radius 1 is 1.13 bits per heavy atom. The van der Waals surface area contributed by atoms with Gasteiger partial charge in [-0.1, -0.05) is 12.1 Å². The van der Waals surface area contributed by atoms with Gasteiger partial charge in [0.15, 0.2) is 0 Å². The van der Waals surface area contributed by atoms with Gasteiger partial charge in [-0.3, -0.25) is 14.7 Å². The normalized spacial score (nSPS) is 14.5. The third kappa shape index (κ3) is 4.22. The van der Waals surface area contributed by atoms with Crippen LogP contribution in [0.2, 0.25) is 0 Å². The number of aliphatic hydroxyl groups excluding tert-OH is 1. The highest BCUT2D eigenvalue weighted by Gasteiger charge is 2.19. The molecule has 0 radical (unpaired) electrons. The SMILES string of the molecule is N#Cc1cc(NC(=O)c2cnc3ccccc3n2)ccc1N1CCN(CCO)CC1. The van der Waals surface area contributed by atoms with Gasteiger partial charge in [0.1, 0.15) is 11.8 Å². The Bertz CT molecular complexity index is 1100. The van der Waals surface area contributed by atoms with Crippen molar-refractivity contribution < 1.29 is 9.90 Å². The van der Waals surface area contributed by atoms with Gasteiger partial charge in [-0.2, -0.15) is 5.26 Å². The molecule has 1 saturated heterocycles. The third-order valence-corrected chi connectivity index (χ3v) is 5.19. The molecule has 0 saturated carbocycles. The Balaban J connectivity index is 1.48. The van der Waals surface area contributed by atoms with E-state index in [1.165, 1.54) is 6.20 Å². The van der Waals surface area contributed by atoms with Crippen molar-refractivity contribution in [3.8, 4) is 6.07 Å². The van der Waals surface area contributed by atoms with Gasteiger partial charge in [0.2, 0.25) is 0 Å². The number of piperazine rings is 1. The molecule has 1 amide bonds. The van der Waals surface area contributed by atoms with Crippen LogP contribution >= 0.6 is 0 Å². The summed E-state index contributed by atoms with van der Waals surface area (Å²) in [5.74, 6) is -0.373. The van der Waals surface area contributed by atoms with Gasteiger partial charge in [0, 0.05) is 38.4 Å². The molecular weight excluding hydrogens is 380 g/mol. The first-order valence-corrected chi connectivity index (χ1v) is 9.83. The molecule has 1 fully saturated rings. The number of nitriles is 1. The van der Waals surface area contributed by atoms with E-state index in [1.807, 2.05) is 30.3 Å². The van der Waals surface area contributed by atoms with Crippen molar-refractivity contribution in [1.29, 1.82) is 5.26 Å². The molecule has 2 heterocycles. The fourth-order valence-corrected chi connectivity index (χ4v) is 3.59. The van der Waals surface area contributed by atoms with E-state index in [0.29, 0.717) is 23.3 Å². The number of fused-ring (bicyclic) bond motifs is 1. The molecule has 3 aromatic rings. The Morgan fingerprint density at radius 2 is 1.90 bits per heavy atom. The van der Waals surface area contributed by atoms with Crippen molar-refractivity contribution in [2.75, 3.05) is 49.5 Å². The Hall–Kier alpha value is -3.54. The summed E-state index contributed by atoms with van der Waals surface area (Å²) in [4.78, 5) is 25.6. The number of carbonyl (C=O) groups is 1. The number of para-hydroxylation sites is 2. The smallest absolute Gasteiger partial charge is 0.275 e. The topological polar surface area (TPSA) is 105 Å². The molecule has 4 rings (SSSR count). The van der Waals surface area contributed by atoms with E-state index < -0.39 is 0 Å². The van der Waals surface area contributed by atoms with E-state index >= 15 is 0 Å². The first-order chi connectivity index (χ1) is 14.7. The average molecular weight is 402 g/mol. The number of anilines is 2. The fourth-order valence-electron chi connectivity index (χ4n) is 3.59. The van der Waals surface area contributed by atoms with Crippen LogP contribution in [0.4, 0.5) is 11.4 Å². The minimum absolute atomic E-state index is 0.152. The highest BCUT2D eigenvalue weighted by molar-refractivity contribution is 6.03. The fraction of sp³-hybridized carbons (Fsp3) is 0.273. The molecule has 0 spiro atoms. The second-order valence-electron chi connectivity index (χ2n) is 7.09. The van der Waals surface area contributed by atoms with Crippen LogP contribution in [0, 0.1) is 11.3 Å². The molecule has 30 heavy (non-hydrogen) atoms. The quantitative estimate of drug-likeness (QED) is 0.671. The van der Waals surface area contributed by atoms with E-state index in [2.05, 4.69) is 31.2 Å². The molecule has 0 bridgehead atoms. The number of amides is 1. The van der Waals surface area contributed by atoms with Crippen LogP contribution in [-0.2, 0) is 0 Å². The van der Waals surface area contributed by atoms with Gasteiger partial charge < -0.3 is 15.3 Å². The number of rotatable bonds is 5. The van der Waals surface area contributed by atoms with Crippen molar-refractivity contribution in [3.63, 3.8) is 0 Å².